The van der Waals surface area contributed by atoms with Crippen molar-refractivity contribution in [2.45, 2.75) is 30.3 Å². The predicted octanol–water partition coefficient (Wildman–Crippen LogP) is 1.89. The Balaban J connectivity index is 2.11. The van der Waals surface area contributed by atoms with E-state index in [9.17, 15) is 13.2 Å². The van der Waals surface area contributed by atoms with Gasteiger partial charge in [-0.25, -0.2) is 17.9 Å². The van der Waals surface area contributed by atoms with E-state index in [1.165, 1.54) is 12.1 Å². The number of nitrogens with one attached hydrogen (secondary N) is 1. The molecule has 0 aliphatic carbocycles. The number of ether oxygens (including phenoxy) is 1. The van der Waals surface area contributed by atoms with Crippen molar-refractivity contribution in [1.29, 1.82) is 0 Å². The third-order valence-electron chi connectivity index (χ3n) is 3.25. The van der Waals surface area contributed by atoms with Crippen LogP contribution in [-0.4, -0.2) is 38.7 Å². The Morgan fingerprint density at radius 3 is 2.81 bits per heavy atom. The van der Waals surface area contributed by atoms with E-state index in [0.717, 1.165) is 25.3 Å². The number of halogens is 1. The van der Waals surface area contributed by atoms with Gasteiger partial charge in [-0.1, -0.05) is 11.6 Å². The number of sulfonamides is 1. The van der Waals surface area contributed by atoms with Crippen LogP contribution in [0.4, 0.5) is 0 Å². The number of carboxylic acids is 1. The maximum absolute atomic E-state index is 12.2. The van der Waals surface area contributed by atoms with E-state index in [2.05, 4.69) is 4.72 Å². The van der Waals surface area contributed by atoms with Gasteiger partial charge in [0.25, 0.3) is 0 Å². The highest BCUT2D eigenvalue weighted by atomic mass is 35.5. The van der Waals surface area contributed by atoms with Crippen molar-refractivity contribution in [1.82, 2.24) is 4.72 Å². The summed E-state index contributed by atoms with van der Waals surface area (Å²) in [6, 6.07) is 3.59. The quantitative estimate of drug-likeness (QED) is 0.858. The van der Waals surface area contributed by atoms with Crippen molar-refractivity contribution in [3.05, 3.63) is 28.8 Å². The van der Waals surface area contributed by atoms with Gasteiger partial charge in [0, 0.05) is 13.2 Å². The second-order valence-electron chi connectivity index (χ2n) is 4.79. The molecule has 2 N–H and O–H groups in total. The molecule has 21 heavy (non-hydrogen) atoms. The smallest absolute Gasteiger partial charge is 0.337 e. The maximum atomic E-state index is 12.2. The van der Waals surface area contributed by atoms with E-state index in [1.807, 2.05) is 0 Å². The largest absolute Gasteiger partial charge is 0.478 e. The average molecular weight is 334 g/mol. The zero-order chi connectivity index (χ0) is 15.5. The molecule has 1 heterocycles. The van der Waals surface area contributed by atoms with Crippen molar-refractivity contribution in [3.63, 3.8) is 0 Å². The average Bonchev–Trinajstić information content (AvgIpc) is 2.46. The summed E-state index contributed by atoms with van der Waals surface area (Å²) in [7, 11) is -3.78. The number of benzene rings is 1. The van der Waals surface area contributed by atoms with Crippen LogP contribution in [0, 0.1) is 0 Å². The van der Waals surface area contributed by atoms with E-state index in [4.69, 9.17) is 21.4 Å². The van der Waals surface area contributed by atoms with Crippen molar-refractivity contribution in [3.8, 4) is 0 Å². The van der Waals surface area contributed by atoms with Gasteiger partial charge < -0.3 is 9.84 Å². The molecule has 0 saturated carbocycles. The molecule has 0 amide bonds. The molecular weight excluding hydrogens is 318 g/mol. The lowest BCUT2D eigenvalue weighted by atomic mass is 10.1. The summed E-state index contributed by atoms with van der Waals surface area (Å²) >= 11 is 5.72. The number of rotatable bonds is 5. The van der Waals surface area contributed by atoms with Gasteiger partial charge in [0.15, 0.2) is 0 Å². The van der Waals surface area contributed by atoms with Crippen molar-refractivity contribution >= 4 is 27.6 Å². The molecule has 1 aliphatic heterocycles. The summed E-state index contributed by atoms with van der Waals surface area (Å²) in [6.45, 7) is 0.809. The Bertz CT molecular complexity index is 625. The zero-order valence-electron chi connectivity index (χ0n) is 11.2. The van der Waals surface area contributed by atoms with Gasteiger partial charge in [0.2, 0.25) is 10.0 Å². The minimum atomic E-state index is -3.78. The number of hydrogen-bond donors (Lipinski definition) is 2. The standard InChI is InChI=1S/C13H16ClNO5S/c14-12-5-4-10(7-11(12)13(16)17)21(18,19)15-8-9-3-1-2-6-20-9/h4-5,7,9,15H,1-3,6,8H2,(H,16,17). The summed E-state index contributed by atoms with van der Waals surface area (Å²) in [5.41, 5.74) is -0.242. The van der Waals surface area contributed by atoms with Gasteiger partial charge in [-0.2, -0.15) is 0 Å². The molecule has 6 nitrogen and oxygen atoms in total. The highest BCUT2D eigenvalue weighted by molar-refractivity contribution is 7.89. The van der Waals surface area contributed by atoms with E-state index in [-0.39, 0.29) is 28.1 Å². The SMILES string of the molecule is O=C(O)c1cc(S(=O)(=O)NCC2CCCCO2)ccc1Cl. The number of hydrogen-bond acceptors (Lipinski definition) is 4. The first-order valence-electron chi connectivity index (χ1n) is 6.54. The lowest BCUT2D eigenvalue weighted by Gasteiger charge is -2.22. The summed E-state index contributed by atoms with van der Waals surface area (Å²) in [6.07, 6.45) is 2.67. The highest BCUT2D eigenvalue weighted by Crippen LogP contribution is 2.21. The van der Waals surface area contributed by atoms with Crippen LogP contribution in [0.25, 0.3) is 0 Å². The van der Waals surface area contributed by atoms with Gasteiger partial charge in [-0.3, -0.25) is 0 Å². The van der Waals surface area contributed by atoms with E-state index in [0.29, 0.717) is 6.61 Å². The minimum absolute atomic E-state index is 0.00272. The second kappa shape index (κ2) is 6.74. The van der Waals surface area contributed by atoms with Gasteiger partial charge in [-0.15, -0.1) is 0 Å². The van der Waals surface area contributed by atoms with Gasteiger partial charge in [0.05, 0.1) is 21.6 Å². The molecule has 2 rings (SSSR count). The molecule has 1 aromatic carbocycles. The van der Waals surface area contributed by atoms with Crippen LogP contribution in [0.1, 0.15) is 29.6 Å². The zero-order valence-corrected chi connectivity index (χ0v) is 12.8. The van der Waals surface area contributed by atoms with Gasteiger partial charge in [-0.05, 0) is 37.5 Å². The molecule has 0 radical (unpaired) electrons. The summed E-state index contributed by atoms with van der Waals surface area (Å²) < 4.78 is 32.2. The molecule has 0 bridgehead atoms. The maximum Gasteiger partial charge on any atom is 0.337 e. The molecule has 1 unspecified atom stereocenters. The van der Waals surface area contributed by atoms with Crippen molar-refractivity contribution in [2.24, 2.45) is 0 Å². The van der Waals surface area contributed by atoms with Crippen LogP contribution >= 0.6 is 11.6 Å². The van der Waals surface area contributed by atoms with Gasteiger partial charge in [0.1, 0.15) is 0 Å². The summed E-state index contributed by atoms with van der Waals surface area (Å²) in [5, 5.41) is 8.97. The predicted molar refractivity (Wildman–Crippen MR) is 77.2 cm³/mol. The Hall–Kier alpha value is -1.15. The molecular formula is C13H16ClNO5S. The van der Waals surface area contributed by atoms with E-state index < -0.39 is 16.0 Å². The fourth-order valence-electron chi connectivity index (χ4n) is 2.09. The fourth-order valence-corrected chi connectivity index (χ4v) is 3.38. The first-order valence-corrected chi connectivity index (χ1v) is 8.40. The lowest BCUT2D eigenvalue weighted by Crippen LogP contribution is -2.35. The third kappa shape index (κ3) is 4.16. The van der Waals surface area contributed by atoms with Crippen LogP contribution < -0.4 is 4.72 Å². The Morgan fingerprint density at radius 2 is 2.19 bits per heavy atom. The topological polar surface area (TPSA) is 92.7 Å². The lowest BCUT2D eigenvalue weighted by molar-refractivity contribution is 0.0200. The molecule has 1 saturated heterocycles. The number of aromatic carboxylic acids is 1. The molecule has 1 aliphatic rings. The molecule has 116 valence electrons. The van der Waals surface area contributed by atoms with Crippen LogP contribution in [0.15, 0.2) is 23.1 Å². The Kier molecular flexibility index (Phi) is 5.21. The molecule has 0 aromatic heterocycles. The van der Waals surface area contributed by atoms with Crippen LogP contribution in [0.3, 0.4) is 0 Å². The second-order valence-corrected chi connectivity index (χ2v) is 6.96. The summed E-state index contributed by atoms with van der Waals surface area (Å²) in [4.78, 5) is 10.9. The molecule has 1 atom stereocenters. The fraction of sp³-hybridized carbons (Fsp3) is 0.462. The van der Waals surface area contributed by atoms with Crippen LogP contribution in [0.5, 0.6) is 0 Å². The van der Waals surface area contributed by atoms with Crippen LogP contribution in [-0.2, 0) is 14.8 Å². The monoisotopic (exact) mass is 333 g/mol. The normalized spacial score (nSPS) is 19.4. The van der Waals surface area contributed by atoms with Crippen molar-refractivity contribution < 1.29 is 23.1 Å². The molecule has 8 heteroatoms. The Labute approximate surface area is 128 Å². The Morgan fingerprint density at radius 1 is 1.43 bits per heavy atom. The number of carbonyl (C=O) groups is 1. The van der Waals surface area contributed by atoms with E-state index >= 15 is 0 Å². The van der Waals surface area contributed by atoms with Gasteiger partial charge >= 0.3 is 5.97 Å². The first kappa shape index (κ1) is 16.2. The van der Waals surface area contributed by atoms with Crippen LogP contribution in [0.2, 0.25) is 5.02 Å². The molecule has 0 spiro atoms. The molecule has 1 aromatic rings. The third-order valence-corrected chi connectivity index (χ3v) is 5.00. The minimum Gasteiger partial charge on any atom is -0.478 e. The molecule has 1 fully saturated rings. The van der Waals surface area contributed by atoms with Crippen molar-refractivity contribution in [2.75, 3.05) is 13.2 Å². The summed E-state index contributed by atoms with van der Waals surface area (Å²) in [5.74, 6) is -1.27. The number of carboxylic acid groups (broad SMARTS) is 1. The highest BCUT2D eigenvalue weighted by Gasteiger charge is 2.21. The first-order chi connectivity index (χ1) is 9.90. The van der Waals surface area contributed by atoms with E-state index in [1.54, 1.807) is 0 Å².